The molecule has 0 saturated heterocycles. The van der Waals surface area contributed by atoms with Crippen LogP contribution in [0.15, 0.2) is 54.7 Å². The topological polar surface area (TPSA) is 67.9 Å². The molecule has 0 aliphatic rings. The molecule has 29 heavy (non-hydrogen) atoms. The molecule has 2 aromatic carbocycles. The standard InChI is InChI=1S/C22H17ClFN3O2/c1-13-16-9-15(11-25-22(16)27-26-13)10-18(28)20-17(24)7-8-19(21(20)23)29-12-14-5-3-2-4-6-14/h2-9,11H,10,12H2,1H3,(H,25,26,27). The number of fused-ring (bicyclic) bond motifs is 1. The van der Waals surface area contributed by atoms with Gasteiger partial charge in [-0.15, -0.1) is 0 Å². The number of halogens is 2. The quantitative estimate of drug-likeness (QED) is 0.452. The summed E-state index contributed by atoms with van der Waals surface area (Å²) in [5.74, 6) is -0.861. The molecule has 0 bridgehead atoms. The van der Waals surface area contributed by atoms with E-state index in [1.165, 1.54) is 12.1 Å². The fraction of sp³-hybridized carbons (Fsp3) is 0.136. The predicted molar refractivity (Wildman–Crippen MR) is 109 cm³/mol. The minimum Gasteiger partial charge on any atom is -0.487 e. The number of hydrogen-bond donors (Lipinski definition) is 1. The Balaban J connectivity index is 1.57. The number of pyridine rings is 1. The molecule has 0 atom stereocenters. The van der Waals surface area contributed by atoms with E-state index in [4.69, 9.17) is 16.3 Å². The van der Waals surface area contributed by atoms with Crippen LogP contribution in [0, 0.1) is 12.7 Å². The van der Waals surface area contributed by atoms with E-state index in [9.17, 15) is 9.18 Å². The lowest BCUT2D eigenvalue weighted by atomic mass is 10.0. The predicted octanol–water partition coefficient (Wildman–Crippen LogP) is 5.06. The highest BCUT2D eigenvalue weighted by Crippen LogP contribution is 2.32. The van der Waals surface area contributed by atoms with Crippen molar-refractivity contribution in [1.29, 1.82) is 0 Å². The summed E-state index contributed by atoms with van der Waals surface area (Å²) in [6.07, 6.45) is 1.52. The molecular weight excluding hydrogens is 393 g/mol. The lowest BCUT2D eigenvalue weighted by Crippen LogP contribution is -2.09. The third-order valence-corrected chi connectivity index (χ3v) is 4.97. The Labute approximate surface area is 171 Å². The van der Waals surface area contributed by atoms with Gasteiger partial charge in [0.2, 0.25) is 0 Å². The molecule has 146 valence electrons. The number of ketones is 1. The third kappa shape index (κ3) is 3.98. The Hall–Kier alpha value is -3.25. The van der Waals surface area contributed by atoms with Gasteiger partial charge in [-0.3, -0.25) is 9.89 Å². The molecule has 0 fully saturated rings. The second-order valence-electron chi connectivity index (χ2n) is 6.67. The van der Waals surface area contributed by atoms with Gasteiger partial charge in [0.15, 0.2) is 11.4 Å². The maximum atomic E-state index is 14.4. The molecule has 0 amide bonds. The summed E-state index contributed by atoms with van der Waals surface area (Å²) >= 11 is 6.33. The molecule has 1 N–H and O–H groups in total. The Morgan fingerprint density at radius 1 is 1.17 bits per heavy atom. The normalized spacial score (nSPS) is 11.0. The Morgan fingerprint density at radius 2 is 1.97 bits per heavy atom. The number of H-pyrrole nitrogens is 1. The summed E-state index contributed by atoms with van der Waals surface area (Å²) in [6, 6.07) is 14.0. The van der Waals surface area contributed by atoms with Crippen LogP contribution in [0.1, 0.15) is 27.2 Å². The minimum absolute atomic E-state index is 0.0283. The van der Waals surface area contributed by atoms with Crippen molar-refractivity contribution < 1.29 is 13.9 Å². The van der Waals surface area contributed by atoms with Gasteiger partial charge in [-0.05, 0) is 36.2 Å². The van der Waals surface area contributed by atoms with Crippen molar-refractivity contribution in [3.63, 3.8) is 0 Å². The summed E-state index contributed by atoms with van der Waals surface area (Å²) in [4.78, 5) is 17.0. The molecule has 2 aromatic heterocycles. The number of Topliss-reactive ketones (excluding diaryl/α,β-unsaturated/α-hetero) is 1. The van der Waals surface area contributed by atoms with Crippen molar-refractivity contribution in [3.8, 4) is 5.75 Å². The first kappa shape index (κ1) is 19.1. The van der Waals surface area contributed by atoms with Gasteiger partial charge in [0.1, 0.15) is 18.2 Å². The smallest absolute Gasteiger partial charge is 0.181 e. The Morgan fingerprint density at radius 3 is 2.76 bits per heavy atom. The Kier molecular flexibility index (Phi) is 5.27. The van der Waals surface area contributed by atoms with Crippen LogP contribution in [0.3, 0.4) is 0 Å². The monoisotopic (exact) mass is 409 g/mol. The average molecular weight is 410 g/mol. The van der Waals surface area contributed by atoms with Crippen molar-refractivity contribution in [1.82, 2.24) is 15.2 Å². The average Bonchev–Trinajstić information content (AvgIpc) is 3.08. The molecule has 0 aliphatic carbocycles. The summed E-state index contributed by atoms with van der Waals surface area (Å²) in [5, 5.41) is 7.70. The van der Waals surface area contributed by atoms with Crippen LogP contribution >= 0.6 is 11.6 Å². The molecule has 5 nitrogen and oxygen atoms in total. The highest BCUT2D eigenvalue weighted by Gasteiger charge is 2.21. The number of carbonyl (C=O) groups excluding carboxylic acids is 1. The molecule has 7 heteroatoms. The summed E-state index contributed by atoms with van der Waals surface area (Å²) in [5.41, 5.74) is 2.83. The number of aryl methyl sites for hydroxylation is 1. The number of nitrogens with one attached hydrogen (secondary N) is 1. The molecule has 0 aliphatic heterocycles. The minimum atomic E-state index is -0.680. The van der Waals surface area contributed by atoms with E-state index in [-0.39, 0.29) is 29.4 Å². The summed E-state index contributed by atoms with van der Waals surface area (Å²) in [6.45, 7) is 2.13. The fourth-order valence-electron chi connectivity index (χ4n) is 3.07. The van der Waals surface area contributed by atoms with E-state index in [2.05, 4.69) is 15.2 Å². The molecule has 4 rings (SSSR count). The van der Waals surface area contributed by atoms with E-state index in [0.717, 1.165) is 16.6 Å². The number of ether oxygens (including phenoxy) is 1. The van der Waals surface area contributed by atoms with Crippen LogP contribution < -0.4 is 4.74 Å². The van der Waals surface area contributed by atoms with Gasteiger partial charge in [-0.1, -0.05) is 41.9 Å². The van der Waals surface area contributed by atoms with Crippen molar-refractivity contribution in [2.45, 2.75) is 20.0 Å². The number of hydrogen-bond acceptors (Lipinski definition) is 4. The molecule has 4 aromatic rings. The van der Waals surface area contributed by atoms with E-state index in [0.29, 0.717) is 11.2 Å². The van der Waals surface area contributed by atoms with Crippen molar-refractivity contribution in [2.24, 2.45) is 0 Å². The zero-order valence-corrected chi connectivity index (χ0v) is 16.3. The number of rotatable bonds is 6. The molecular formula is C22H17ClFN3O2. The van der Waals surface area contributed by atoms with Crippen molar-refractivity contribution in [2.75, 3.05) is 0 Å². The maximum absolute atomic E-state index is 14.4. The largest absolute Gasteiger partial charge is 0.487 e. The van der Waals surface area contributed by atoms with Crippen LogP contribution in [-0.4, -0.2) is 21.0 Å². The van der Waals surface area contributed by atoms with Gasteiger partial charge in [0, 0.05) is 23.7 Å². The number of benzene rings is 2. The molecule has 2 heterocycles. The van der Waals surface area contributed by atoms with Gasteiger partial charge in [0.05, 0.1) is 10.6 Å². The molecule has 0 radical (unpaired) electrons. The second-order valence-corrected chi connectivity index (χ2v) is 7.05. The van der Waals surface area contributed by atoms with E-state index < -0.39 is 11.6 Å². The number of aromatic amines is 1. The molecule has 0 saturated carbocycles. The van der Waals surface area contributed by atoms with Crippen LogP contribution in [-0.2, 0) is 13.0 Å². The zero-order chi connectivity index (χ0) is 20.4. The van der Waals surface area contributed by atoms with Crippen molar-refractivity contribution in [3.05, 3.63) is 88.0 Å². The first-order chi connectivity index (χ1) is 14.0. The highest BCUT2D eigenvalue weighted by molar-refractivity contribution is 6.35. The lowest BCUT2D eigenvalue weighted by Gasteiger charge is -2.12. The van der Waals surface area contributed by atoms with Crippen LogP contribution in [0.5, 0.6) is 5.75 Å². The third-order valence-electron chi connectivity index (χ3n) is 4.59. The van der Waals surface area contributed by atoms with Crippen LogP contribution in [0.4, 0.5) is 4.39 Å². The maximum Gasteiger partial charge on any atom is 0.181 e. The SMILES string of the molecule is Cc1[nH]nc2ncc(CC(=O)c3c(F)ccc(OCc4ccccc4)c3Cl)cc12. The first-order valence-corrected chi connectivity index (χ1v) is 9.38. The van der Waals surface area contributed by atoms with Gasteiger partial charge in [-0.2, -0.15) is 5.10 Å². The van der Waals surface area contributed by atoms with Crippen molar-refractivity contribution >= 4 is 28.4 Å². The van der Waals surface area contributed by atoms with Gasteiger partial charge < -0.3 is 4.74 Å². The Bertz CT molecular complexity index is 1190. The van der Waals surface area contributed by atoms with E-state index >= 15 is 0 Å². The summed E-state index contributed by atoms with van der Waals surface area (Å²) < 4.78 is 20.1. The zero-order valence-electron chi connectivity index (χ0n) is 15.6. The second kappa shape index (κ2) is 8.01. The van der Waals surface area contributed by atoms with E-state index in [1.807, 2.05) is 43.3 Å². The molecule has 0 spiro atoms. The molecule has 0 unspecified atom stereocenters. The number of nitrogens with zero attached hydrogens (tertiary/aromatic N) is 2. The number of carbonyl (C=O) groups is 1. The summed E-state index contributed by atoms with van der Waals surface area (Å²) in [7, 11) is 0. The number of aromatic nitrogens is 3. The van der Waals surface area contributed by atoms with Crippen LogP contribution in [0.25, 0.3) is 11.0 Å². The van der Waals surface area contributed by atoms with E-state index in [1.54, 1.807) is 6.20 Å². The van der Waals surface area contributed by atoms with Gasteiger partial charge >= 0.3 is 0 Å². The van der Waals surface area contributed by atoms with Gasteiger partial charge in [0.25, 0.3) is 0 Å². The van der Waals surface area contributed by atoms with Crippen LogP contribution in [0.2, 0.25) is 5.02 Å². The lowest BCUT2D eigenvalue weighted by molar-refractivity contribution is 0.0988. The fourth-order valence-corrected chi connectivity index (χ4v) is 3.38. The van der Waals surface area contributed by atoms with Gasteiger partial charge in [-0.25, -0.2) is 9.37 Å². The highest BCUT2D eigenvalue weighted by atomic mass is 35.5. The first-order valence-electron chi connectivity index (χ1n) is 9.00.